The highest BCUT2D eigenvalue weighted by atomic mass is 32.2. The van der Waals surface area contributed by atoms with Crippen LogP contribution >= 0.6 is 23.3 Å². The molecule has 0 aliphatic heterocycles. The molecular formula is C27H34N6OS2. The highest BCUT2D eigenvalue weighted by Gasteiger charge is 2.08. The summed E-state index contributed by atoms with van der Waals surface area (Å²) < 4.78 is 4.44. The molecule has 7 nitrogen and oxygen atoms in total. The van der Waals surface area contributed by atoms with E-state index in [0.717, 1.165) is 47.1 Å². The Balaban J connectivity index is 0.000000375. The lowest BCUT2D eigenvalue weighted by atomic mass is 9.98. The first-order chi connectivity index (χ1) is 17.6. The molecule has 0 atom stereocenters. The zero-order valence-corrected chi connectivity index (χ0v) is 22.5. The number of nitrogens with zero attached hydrogens (tertiary/aromatic N) is 3. The number of hydrogen-bond acceptors (Lipinski definition) is 9. The molecule has 1 aliphatic carbocycles. The van der Waals surface area contributed by atoms with Crippen LogP contribution in [0.2, 0.25) is 0 Å². The van der Waals surface area contributed by atoms with Crippen molar-refractivity contribution < 1.29 is 5.11 Å². The maximum absolute atomic E-state index is 8.91. The van der Waals surface area contributed by atoms with Crippen LogP contribution in [-0.4, -0.2) is 39.5 Å². The highest BCUT2D eigenvalue weighted by Crippen LogP contribution is 2.27. The van der Waals surface area contributed by atoms with Gasteiger partial charge in [-0.2, -0.15) is 0 Å². The van der Waals surface area contributed by atoms with Crippen molar-refractivity contribution in [3.05, 3.63) is 66.0 Å². The van der Waals surface area contributed by atoms with Crippen molar-refractivity contribution in [3.63, 3.8) is 0 Å². The number of hydrogen-bond donors (Lipinski definition) is 4. The molecule has 1 aliphatic rings. The minimum Gasteiger partial charge on any atom is -0.393 e. The van der Waals surface area contributed by atoms with E-state index in [1.807, 2.05) is 13.3 Å². The second-order valence-corrected chi connectivity index (χ2v) is 10.5. The van der Waals surface area contributed by atoms with Crippen LogP contribution in [0.4, 0.5) is 10.9 Å². The van der Waals surface area contributed by atoms with Crippen LogP contribution in [0.5, 0.6) is 0 Å². The molecule has 0 bridgehead atoms. The van der Waals surface area contributed by atoms with Crippen LogP contribution in [0.1, 0.15) is 43.2 Å². The number of benzene rings is 2. The smallest absolute Gasteiger partial charge is 0.183 e. The average Bonchev–Trinajstić information content (AvgIpc) is 3.35. The third-order valence-corrected chi connectivity index (χ3v) is 7.46. The number of fused-ring (bicyclic) bond motifs is 1. The second-order valence-electron chi connectivity index (χ2n) is 8.73. The molecule has 0 spiro atoms. The standard InChI is InChI=1S/C21H22N6S2.C6H12O/c1-22-21-27-17-7-6-15(9-19(17)29-21)10-24-20-13-23-12-18(26-20)16-5-3-4-14(8-16)11-25-28-2;7-6-4-2-1-3-5-6/h3-9,12-13,25H,10-11H2,1-2H3,(H,22,27)(H,24,26);6-7H,1-5H2. The van der Waals surface area contributed by atoms with E-state index in [0.29, 0.717) is 6.54 Å². The Kier molecular flexibility index (Phi) is 9.92. The first kappa shape index (κ1) is 26.3. The Hall–Kier alpha value is -2.72. The summed E-state index contributed by atoms with van der Waals surface area (Å²) in [5.41, 5.74) is 5.34. The molecule has 2 aromatic heterocycles. The molecule has 4 aromatic rings. The van der Waals surface area contributed by atoms with Crippen molar-refractivity contribution in [3.8, 4) is 11.3 Å². The van der Waals surface area contributed by atoms with Gasteiger partial charge in [0.15, 0.2) is 5.13 Å². The first-order valence-corrected chi connectivity index (χ1v) is 14.3. The fourth-order valence-electron chi connectivity index (χ4n) is 4.05. The number of nitrogens with one attached hydrogen (secondary N) is 3. The SMILES string of the molecule is CNc1nc2ccc(CNc3cncc(-c4cccc(CNSC)c4)n3)cc2s1.OC1CCCCC1. The van der Waals surface area contributed by atoms with Gasteiger partial charge in [-0.3, -0.25) is 9.71 Å². The van der Waals surface area contributed by atoms with Crippen LogP contribution in [0.3, 0.4) is 0 Å². The molecule has 1 fully saturated rings. The summed E-state index contributed by atoms with van der Waals surface area (Å²) in [6, 6.07) is 14.7. The molecule has 0 radical (unpaired) electrons. The Labute approximate surface area is 221 Å². The van der Waals surface area contributed by atoms with Crippen molar-refractivity contribution >= 4 is 44.5 Å². The molecule has 190 valence electrons. The van der Waals surface area contributed by atoms with Crippen molar-refractivity contribution in [2.24, 2.45) is 0 Å². The van der Waals surface area contributed by atoms with Gasteiger partial charge in [-0.1, -0.05) is 66.8 Å². The molecule has 2 heterocycles. The average molecular weight is 523 g/mol. The molecular weight excluding hydrogens is 488 g/mol. The van der Waals surface area contributed by atoms with Crippen molar-refractivity contribution in [2.75, 3.05) is 23.9 Å². The van der Waals surface area contributed by atoms with Gasteiger partial charge in [0.05, 0.1) is 34.4 Å². The quantitative estimate of drug-likeness (QED) is 0.207. The summed E-state index contributed by atoms with van der Waals surface area (Å²) in [5.74, 6) is 0.760. The molecule has 9 heteroatoms. The second kappa shape index (κ2) is 13.5. The molecule has 0 saturated heterocycles. The number of aromatic nitrogens is 3. The van der Waals surface area contributed by atoms with Crippen LogP contribution in [0.15, 0.2) is 54.9 Å². The number of rotatable bonds is 8. The number of aliphatic hydroxyl groups is 1. The van der Waals surface area contributed by atoms with E-state index in [-0.39, 0.29) is 6.10 Å². The van der Waals surface area contributed by atoms with Gasteiger partial charge in [0.2, 0.25) is 0 Å². The summed E-state index contributed by atoms with van der Waals surface area (Å²) >= 11 is 3.27. The monoisotopic (exact) mass is 522 g/mol. The summed E-state index contributed by atoms with van der Waals surface area (Å²) in [4.78, 5) is 13.6. The van der Waals surface area contributed by atoms with Gasteiger partial charge in [0.25, 0.3) is 0 Å². The third kappa shape index (κ3) is 7.64. The Morgan fingerprint density at radius 2 is 1.83 bits per heavy atom. The Morgan fingerprint density at radius 3 is 2.58 bits per heavy atom. The predicted molar refractivity (Wildman–Crippen MR) is 153 cm³/mol. The van der Waals surface area contributed by atoms with E-state index in [1.165, 1.54) is 35.1 Å². The lowest BCUT2D eigenvalue weighted by Crippen LogP contribution is -2.09. The lowest BCUT2D eigenvalue weighted by Gasteiger charge is -2.14. The van der Waals surface area contributed by atoms with Crippen LogP contribution in [-0.2, 0) is 13.1 Å². The zero-order chi connectivity index (χ0) is 25.2. The van der Waals surface area contributed by atoms with Crippen LogP contribution in [0.25, 0.3) is 21.5 Å². The van der Waals surface area contributed by atoms with Crippen molar-refractivity contribution in [1.29, 1.82) is 0 Å². The number of aliphatic hydroxyl groups excluding tert-OH is 1. The Morgan fingerprint density at radius 1 is 1.00 bits per heavy atom. The molecule has 36 heavy (non-hydrogen) atoms. The highest BCUT2D eigenvalue weighted by molar-refractivity contribution is 7.96. The molecule has 5 rings (SSSR count). The molecule has 4 N–H and O–H groups in total. The molecule has 2 aromatic carbocycles. The van der Waals surface area contributed by atoms with Gasteiger partial charge in [-0.05, 0) is 48.4 Å². The maximum Gasteiger partial charge on any atom is 0.183 e. The first-order valence-electron chi connectivity index (χ1n) is 12.3. The molecule has 0 unspecified atom stereocenters. The molecule has 1 saturated carbocycles. The van der Waals surface area contributed by atoms with Gasteiger partial charge in [0.1, 0.15) is 5.82 Å². The zero-order valence-electron chi connectivity index (χ0n) is 20.8. The van der Waals surface area contributed by atoms with Crippen LogP contribution in [0, 0.1) is 0 Å². The largest absolute Gasteiger partial charge is 0.393 e. The summed E-state index contributed by atoms with van der Waals surface area (Å²) in [5, 5.41) is 16.3. The lowest BCUT2D eigenvalue weighted by molar-refractivity contribution is 0.130. The van der Waals surface area contributed by atoms with E-state index in [2.05, 4.69) is 67.8 Å². The van der Waals surface area contributed by atoms with Crippen LogP contribution < -0.4 is 15.4 Å². The fourth-order valence-corrected chi connectivity index (χ4v) is 5.24. The maximum atomic E-state index is 8.91. The summed E-state index contributed by atoms with van der Waals surface area (Å²) in [6.45, 7) is 1.49. The number of anilines is 2. The minimum atomic E-state index is 0.0359. The fraction of sp³-hybridized carbons (Fsp3) is 0.370. The van der Waals surface area contributed by atoms with Crippen molar-refractivity contribution in [2.45, 2.75) is 51.3 Å². The molecule has 0 amide bonds. The Bertz CT molecular complexity index is 1240. The van der Waals surface area contributed by atoms with Gasteiger partial charge < -0.3 is 15.7 Å². The summed E-state index contributed by atoms with van der Waals surface area (Å²) in [7, 11) is 1.89. The minimum absolute atomic E-state index is 0.0359. The van der Waals surface area contributed by atoms with E-state index in [4.69, 9.17) is 10.1 Å². The van der Waals surface area contributed by atoms with E-state index in [9.17, 15) is 0 Å². The topological polar surface area (TPSA) is 95.0 Å². The van der Waals surface area contributed by atoms with Gasteiger partial charge in [0, 0.05) is 25.7 Å². The van der Waals surface area contributed by atoms with E-state index < -0.39 is 0 Å². The predicted octanol–water partition coefficient (Wildman–Crippen LogP) is 6.09. The van der Waals surface area contributed by atoms with Gasteiger partial charge in [-0.25, -0.2) is 9.97 Å². The van der Waals surface area contributed by atoms with Gasteiger partial charge in [-0.15, -0.1) is 0 Å². The van der Waals surface area contributed by atoms with Crippen molar-refractivity contribution in [1.82, 2.24) is 19.7 Å². The van der Waals surface area contributed by atoms with E-state index >= 15 is 0 Å². The number of thiazole rings is 1. The summed E-state index contributed by atoms with van der Waals surface area (Å²) in [6.07, 6.45) is 11.5. The normalized spacial score (nSPS) is 13.8. The van der Waals surface area contributed by atoms with Gasteiger partial charge >= 0.3 is 0 Å². The third-order valence-electron chi connectivity index (χ3n) is 5.99. The van der Waals surface area contributed by atoms with E-state index in [1.54, 1.807) is 35.7 Å².